The first-order chi connectivity index (χ1) is 12.0. The van der Waals surface area contributed by atoms with Crippen molar-refractivity contribution in [2.24, 2.45) is 0 Å². The zero-order chi connectivity index (χ0) is 17.6. The van der Waals surface area contributed by atoms with Crippen LogP contribution in [0, 0.1) is 5.82 Å². The summed E-state index contributed by atoms with van der Waals surface area (Å²) >= 11 is 0. The Hall–Kier alpha value is -2.66. The topological polar surface area (TPSA) is 42.8 Å². The molecule has 5 heteroatoms. The number of H-pyrrole nitrogens is 1. The molecular weight excluding hydrogens is 317 g/mol. The van der Waals surface area contributed by atoms with E-state index in [0.717, 1.165) is 33.2 Å². The second-order valence-corrected chi connectivity index (χ2v) is 7.03. The van der Waals surface area contributed by atoms with Gasteiger partial charge in [-0.25, -0.2) is 4.39 Å². The normalized spacial score (nSPS) is 12.3. The Morgan fingerprint density at radius 3 is 2.60 bits per heavy atom. The summed E-state index contributed by atoms with van der Waals surface area (Å²) < 4.78 is 21.0. The van der Waals surface area contributed by atoms with Crippen LogP contribution in [0.3, 0.4) is 0 Å². The largest absolute Gasteiger partial charge is 0.384 e. The zero-order valence-electron chi connectivity index (χ0n) is 14.5. The predicted octanol–water partition coefficient (Wildman–Crippen LogP) is 4.57. The summed E-state index contributed by atoms with van der Waals surface area (Å²) in [6.45, 7) is 4.89. The number of rotatable bonds is 4. The van der Waals surface area contributed by atoms with Crippen LogP contribution in [0.1, 0.15) is 19.5 Å². The third kappa shape index (κ3) is 2.61. The molecule has 0 saturated heterocycles. The fraction of sp³-hybridized carbons (Fsp3) is 0.250. The van der Waals surface area contributed by atoms with Gasteiger partial charge in [-0.2, -0.15) is 5.10 Å². The van der Waals surface area contributed by atoms with E-state index in [2.05, 4.69) is 46.8 Å². The number of nitrogens with one attached hydrogen (secondary N) is 1. The first-order valence-corrected chi connectivity index (χ1v) is 8.23. The Kier molecular flexibility index (Phi) is 3.62. The quantitative estimate of drug-likeness (QED) is 0.593. The highest BCUT2D eigenvalue weighted by Gasteiger charge is 2.27. The van der Waals surface area contributed by atoms with E-state index in [1.807, 2.05) is 6.20 Å². The van der Waals surface area contributed by atoms with Gasteiger partial charge in [0.1, 0.15) is 5.82 Å². The van der Waals surface area contributed by atoms with Crippen LogP contribution >= 0.6 is 0 Å². The highest BCUT2D eigenvalue weighted by Crippen LogP contribution is 2.34. The monoisotopic (exact) mass is 337 g/mol. The molecular formula is C20H20FN3O. The molecule has 0 saturated carbocycles. The second-order valence-electron chi connectivity index (χ2n) is 7.03. The molecule has 4 aromatic rings. The smallest absolute Gasteiger partial charge is 0.123 e. The fourth-order valence-electron chi connectivity index (χ4n) is 3.45. The molecule has 0 aliphatic carbocycles. The number of benzene rings is 2. The molecule has 0 fully saturated rings. The van der Waals surface area contributed by atoms with Gasteiger partial charge >= 0.3 is 0 Å². The maximum absolute atomic E-state index is 13.4. The van der Waals surface area contributed by atoms with Gasteiger partial charge in [0.05, 0.1) is 23.8 Å². The number of hydrogen-bond acceptors (Lipinski definition) is 2. The van der Waals surface area contributed by atoms with Gasteiger partial charge in [0.25, 0.3) is 0 Å². The molecule has 0 bridgehead atoms. The number of aromatic nitrogens is 3. The Morgan fingerprint density at radius 1 is 1.12 bits per heavy atom. The van der Waals surface area contributed by atoms with E-state index in [-0.39, 0.29) is 11.2 Å². The molecule has 2 aromatic heterocycles. The molecule has 0 aliphatic rings. The molecule has 128 valence electrons. The number of halogens is 1. The van der Waals surface area contributed by atoms with Gasteiger partial charge < -0.3 is 9.30 Å². The summed E-state index contributed by atoms with van der Waals surface area (Å²) in [5.74, 6) is -0.241. The van der Waals surface area contributed by atoms with Crippen molar-refractivity contribution in [3.63, 3.8) is 0 Å². The molecule has 0 unspecified atom stereocenters. The lowest BCUT2D eigenvalue weighted by molar-refractivity contribution is 0.144. The summed E-state index contributed by atoms with van der Waals surface area (Å²) in [4.78, 5) is 0. The van der Waals surface area contributed by atoms with E-state index in [4.69, 9.17) is 4.74 Å². The van der Waals surface area contributed by atoms with Crippen LogP contribution in [0.15, 0.2) is 48.7 Å². The van der Waals surface area contributed by atoms with Crippen molar-refractivity contribution in [1.82, 2.24) is 14.8 Å². The Balaban J connectivity index is 2.05. The van der Waals surface area contributed by atoms with Crippen molar-refractivity contribution < 1.29 is 9.13 Å². The number of hydrogen-bond donors (Lipinski definition) is 1. The van der Waals surface area contributed by atoms with Crippen molar-refractivity contribution >= 4 is 21.8 Å². The Bertz CT molecular complexity index is 1040. The number of methoxy groups -OCH3 is 1. The van der Waals surface area contributed by atoms with Crippen molar-refractivity contribution in [2.75, 3.05) is 13.7 Å². The maximum Gasteiger partial charge on any atom is 0.123 e. The van der Waals surface area contributed by atoms with Crippen LogP contribution in [0.5, 0.6) is 0 Å². The van der Waals surface area contributed by atoms with Crippen molar-refractivity contribution in [2.45, 2.75) is 19.3 Å². The minimum Gasteiger partial charge on any atom is -0.384 e. The van der Waals surface area contributed by atoms with Crippen molar-refractivity contribution in [1.29, 1.82) is 0 Å². The van der Waals surface area contributed by atoms with Crippen LogP contribution in [0.4, 0.5) is 4.39 Å². The van der Waals surface area contributed by atoms with Crippen LogP contribution in [0.25, 0.3) is 27.5 Å². The van der Waals surface area contributed by atoms with Crippen molar-refractivity contribution in [3.05, 3.63) is 60.2 Å². The molecule has 25 heavy (non-hydrogen) atoms. The van der Waals surface area contributed by atoms with Gasteiger partial charge in [-0.1, -0.05) is 13.8 Å². The van der Waals surface area contributed by atoms with Crippen LogP contribution in [0.2, 0.25) is 0 Å². The Labute approximate surface area is 145 Å². The second kappa shape index (κ2) is 5.70. The maximum atomic E-state index is 13.4. The number of aromatic amines is 1. The lowest BCUT2D eigenvalue weighted by Gasteiger charge is -2.26. The highest BCUT2D eigenvalue weighted by molar-refractivity contribution is 5.96. The zero-order valence-corrected chi connectivity index (χ0v) is 14.5. The third-order valence-electron chi connectivity index (χ3n) is 4.64. The molecule has 0 atom stereocenters. The van der Waals surface area contributed by atoms with E-state index < -0.39 is 0 Å². The van der Waals surface area contributed by atoms with Gasteiger partial charge in [0.2, 0.25) is 0 Å². The average molecular weight is 337 g/mol. The number of fused-ring (bicyclic) bond motifs is 2. The molecule has 0 amide bonds. The van der Waals surface area contributed by atoms with Gasteiger partial charge in [0, 0.05) is 34.7 Å². The number of ether oxygens (including phenoxy) is 1. The van der Waals surface area contributed by atoms with Gasteiger partial charge in [-0.05, 0) is 42.5 Å². The van der Waals surface area contributed by atoms with Crippen LogP contribution < -0.4 is 0 Å². The summed E-state index contributed by atoms with van der Waals surface area (Å²) in [5.41, 5.74) is 3.92. The predicted molar refractivity (Wildman–Crippen MR) is 97.8 cm³/mol. The fourth-order valence-corrected chi connectivity index (χ4v) is 3.45. The first-order valence-electron chi connectivity index (χ1n) is 8.23. The van der Waals surface area contributed by atoms with Gasteiger partial charge in [-0.15, -0.1) is 0 Å². The summed E-state index contributed by atoms with van der Waals surface area (Å²) in [6.07, 6.45) is 1.82. The Morgan fingerprint density at radius 2 is 1.88 bits per heavy atom. The first kappa shape index (κ1) is 15.8. The summed E-state index contributed by atoms with van der Waals surface area (Å²) in [5, 5.41) is 9.29. The number of nitrogens with zero attached hydrogens (tertiary/aromatic N) is 2. The van der Waals surface area contributed by atoms with E-state index in [0.29, 0.717) is 6.61 Å². The van der Waals surface area contributed by atoms with E-state index >= 15 is 0 Å². The molecule has 0 aliphatic heterocycles. The molecule has 0 spiro atoms. The highest BCUT2D eigenvalue weighted by atomic mass is 19.1. The summed E-state index contributed by atoms with van der Waals surface area (Å²) in [7, 11) is 1.71. The van der Waals surface area contributed by atoms with Crippen LogP contribution in [-0.2, 0) is 10.2 Å². The minimum absolute atomic E-state index is 0.200. The third-order valence-corrected chi connectivity index (χ3v) is 4.64. The lowest BCUT2D eigenvalue weighted by atomic mass is 9.90. The van der Waals surface area contributed by atoms with E-state index in [9.17, 15) is 4.39 Å². The molecule has 0 radical (unpaired) electrons. The standard InChI is InChI=1S/C20H20FN3O/c1-20(2,12-25-3)19-10-13-8-17-14(11-22-23-17)9-18(13)24(19)16-6-4-15(21)5-7-16/h4-11H,12H2,1-3H3,(H,22,23). The van der Waals surface area contributed by atoms with Gasteiger partial charge in [-0.3, -0.25) is 5.10 Å². The summed E-state index contributed by atoms with van der Waals surface area (Å²) in [6, 6.07) is 13.0. The molecule has 2 aromatic carbocycles. The van der Waals surface area contributed by atoms with Gasteiger partial charge in [0.15, 0.2) is 0 Å². The average Bonchev–Trinajstić information content (AvgIpc) is 3.17. The SMILES string of the molecule is COCC(C)(C)c1cc2cc3[nH]ncc3cc2n1-c1ccc(F)cc1. The van der Waals surface area contributed by atoms with E-state index in [1.54, 1.807) is 19.2 Å². The minimum atomic E-state index is -0.241. The lowest BCUT2D eigenvalue weighted by Crippen LogP contribution is -2.26. The molecule has 4 nitrogen and oxygen atoms in total. The molecule has 1 N–H and O–H groups in total. The molecule has 2 heterocycles. The molecule has 4 rings (SSSR count). The van der Waals surface area contributed by atoms with E-state index in [1.165, 1.54) is 12.1 Å². The van der Waals surface area contributed by atoms with Crippen molar-refractivity contribution in [3.8, 4) is 5.69 Å². The van der Waals surface area contributed by atoms with Crippen LogP contribution in [-0.4, -0.2) is 28.5 Å².